The molecule has 2 aliphatic rings. The Kier molecular flexibility index (Phi) is 33.6. The van der Waals surface area contributed by atoms with E-state index in [1.165, 1.54) is 184 Å². The standard InChI is InChI=1S/C40H76.C11H22.C4H8/c1-10-37-28-38(35(8)36(9)40(37)29-39-27-32(5)23-25-34(39)7)26-24-31(4)21-19-17-15-13-11-12-14-16-18-20-22-33(6)30(2)3;1-4-6-7-8-9-10-11(3)5-2;1-4(2)3/h31-40H,2,10-29H2,1,3-9H3;3-10H2,1-2H3;1H2,2-3H3/t31?,32?,33?,34?,35-,36?,37?,38?,39?,40+;;/m1../s1. The molecule has 0 heteroatoms. The van der Waals surface area contributed by atoms with Crippen LogP contribution in [-0.2, 0) is 0 Å². The minimum Gasteiger partial charge on any atom is -0.100 e. The minimum absolute atomic E-state index is 0.715. The van der Waals surface area contributed by atoms with Crippen LogP contribution in [0.25, 0.3) is 0 Å². The van der Waals surface area contributed by atoms with Gasteiger partial charge in [0.15, 0.2) is 0 Å². The van der Waals surface area contributed by atoms with E-state index in [0.29, 0.717) is 5.92 Å². The van der Waals surface area contributed by atoms with Crippen LogP contribution in [0, 0.1) is 59.2 Å². The second-order valence-electron chi connectivity index (χ2n) is 20.5. The molecule has 326 valence electrons. The van der Waals surface area contributed by atoms with E-state index in [-0.39, 0.29) is 0 Å². The van der Waals surface area contributed by atoms with Gasteiger partial charge in [-0.3, -0.25) is 0 Å². The Balaban J connectivity index is 0.00000163. The molecule has 0 aromatic rings. The molecular formula is C55H106. The summed E-state index contributed by atoms with van der Waals surface area (Å²) >= 11 is 0. The lowest BCUT2D eigenvalue weighted by Gasteiger charge is -2.48. The minimum atomic E-state index is 0.715. The molecule has 0 saturated heterocycles. The van der Waals surface area contributed by atoms with E-state index >= 15 is 0 Å². The molecule has 0 spiro atoms. The summed E-state index contributed by atoms with van der Waals surface area (Å²) in [4.78, 5) is 0. The number of hydrogen-bond acceptors (Lipinski definition) is 0. The molecule has 0 amide bonds. The second-order valence-corrected chi connectivity index (χ2v) is 20.5. The number of allylic oxidation sites excluding steroid dienone is 3. The Bertz CT molecular complexity index is 916. The van der Waals surface area contributed by atoms with E-state index in [9.17, 15) is 0 Å². The molecule has 2 fully saturated rings. The van der Waals surface area contributed by atoms with Crippen LogP contribution >= 0.6 is 0 Å². The molecule has 10 atom stereocenters. The summed E-state index contributed by atoms with van der Waals surface area (Å²) in [6.45, 7) is 40.0. The van der Waals surface area contributed by atoms with Crippen molar-refractivity contribution < 1.29 is 0 Å². The van der Waals surface area contributed by atoms with Crippen LogP contribution in [0.5, 0.6) is 0 Å². The highest BCUT2D eigenvalue weighted by atomic mass is 14.5. The summed E-state index contributed by atoms with van der Waals surface area (Å²) in [6, 6.07) is 0. The van der Waals surface area contributed by atoms with E-state index in [0.717, 1.165) is 59.7 Å². The van der Waals surface area contributed by atoms with Crippen molar-refractivity contribution in [3.63, 3.8) is 0 Å². The van der Waals surface area contributed by atoms with E-state index < -0.39 is 0 Å². The van der Waals surface area contributed by atoms with E-state index in [4.69, 9.17) is 0 Å². The summed E-state index contributed by atoms with van der Waals surface area (Å²) in [5, 5.41) is 0. The largest absolute Gasteiger partial charge is 0.100 e. The first-order chi connectivity index (χ1) is 26.2. The van der Waals surface area contributed by atoms with E-state index in [2.05, 4.69) is 89.0 Å². The maximum Gasteiger partial charge on any atom is -0.0237 e. The van der Waals surface area contributed by atoms with Gasteiger partial charge >= 0.3 is 0 Å². The van der Waals surface area contributed by atoms with Crippen molar-refractivity contribution in [3.05, 3.63) is 36.5 Å². The molecule has 2 aliphatic carbocycles. The molecule has 0 aromatic carbocycles. The molecule has 0 aromatic heterocycles. The molecular weight excluding hydrogens is 661 g/mol. The average Bonchev–Trinajstić information content (AvgIpc) is 3.14. The fourth-order valence-electron chi connectivity index (χ4n) is 10.0. The average molecular weight is 767 g/mol. The zero-order valence-corrected chi connectivity index (χ0v) is 40.5. The highest BCUT2D eigenvalue weighted by Gasteiger charge is 2.41. The third-order valence-corrected chi connectivity index (χ3v) is 14.8. The van der Waals surface area contributed by atoms with Gasteiger partial charge in [0.1, 0.15) is 0 Å². The van der Waals surface area contributed by atoms with Gasteiger partial charge in [0.2, 0.25) is 0 Å². The fourth-order valence-corrected chi connectivity index (χ4v) is 10.0. The van der Waals surface area contributed by atoms with Crippen molar-refractivity contribution in [2.24, 2.45) is 59.2 Å². The molecule has 8 unspecified atom stereocenters. The monoisotopic (exact) mass is 767 g/mol. The second kappa shape index (κ2) is 34.1. The number of unbranched alkanes of at least 4 members (excludes halogenated alkanes) is 13. The Labute approximate surface area is 350 Å². The van der Waals surface area contributed by atoms with Gasteiger partial charge in [-0.05, 0) is 131 Å². The summed E-state index contributed by atoms with van der Waals surface area (Å²) in [5.74, 6) is 9.38. The normalized spacial score (nSPS) is 26.2. The molecule has 0 bridgehead atoms. The summed E-state index contributed by atoms with van der Waals surface area (Å²) in [7, 11) is 0. The van der Waals surface area contributed by atoms with Gasteiger partial charge in [-0.2, -0.15) is 0 Å². The van der Waals surface area contributed by atoms with E-state index in [1.54, 1.807) is 0 Å². The van der Waals surface area contributed by atoms with Crippen molar-refractivity contribution in [3.8, 4) is 0 Å². The molecule has 0 nitrogen and oxygen atoms in total. The van der Waals surface area contributed by atoms with Gasteiger partial charge in [0, 0.05) is 0 Å². The predicted octanol–water partition coefficient (Wildman–Crippen LogP) is 19.6. The third-order valence-electron chi connectivity index (χ3n) is 14.8. The topological polar surface area (TPSA) is 0 Å². The molecule has 0 aliphatic heterocycles. The molecule has 2 rings (SSSR count). The third kappa shape index (κ3) is 27.5. The van der Waals surface area contributed by atoms with Gasteiger partial charge < -0.3 is 0 Å². The van der Waals surface area contributed by atoms with E-state index in [1.807, 2.05) is 13.8 Å². The molecule has 55 heavy (non-hydrogen) atoms. The molecule has 0 heterocycles. The molecule has 0 N–H and O–H groups in total. The first-order valence-electron chi connectivity index (χ1n) is 25.1. The summed E-state index contributed by atoms with van der Waals surface area (Å²) in [6.07, 6.45) is 38.6. The lowest BCUT2D eigenvalue weighted by molar-refractivity contribution is 0.0184. The Morgan fingerprint density at radius 3 is 1.64 bits per heavy atom. The Hall–Kier alpha value is -0.780. The van der Waals surface area contributed by atoms with Crippen molar-refractivity contribution in [1.82, 2.24) is 0 Å². The zero-order valence-electron chi connectivity index (χ0n) is 40.5. The van der Waals surface area contributed by atoms with Crippen molar-refractivity contribution >= 4 is 0 Å². The van der Waals surface area contributed by atoms with Crippen LogP contribution < -0.4 is 0 Å². The number of rotatable bonds is 27. The highest BCUT2D eigenvalue weighted by Crippen LogP contribution is 2.50. The lowest BCUT2D eigenvalue weighted by atomic mass is 9.58. The van der Waals surface area contributed by atoms with Gasteiger partial charge in [0.25, 0.3) is 0 Å². The maximum absolute atomic E-state index is 4.09. The van der Waals surface area contributed by atoms with Crippen molar-refractivity contribution in [1.29, 1.82) is 0 Å². The van der Waals surface area contributed by atoms with Gasteiger partial charge in [-0.1, -0.05) is 214 Å². The van der Waals surface area contributed by atoms with Crippen molar-refractivity contribution in [2.75, 3.05) is 0 Å². The van der Waals surface area contributed by atoms with Crippen LogP contribution in [-0.4, -0.2) is 0 Å². The fraction of sp³-hybridized carbons (Fsp3) is 0.891. The quantitative estimate of drug-likeness (QED) is 0.0577. The molecule has 2 saturated carbocycles. The van der Waals surface area contributed by atoms with Crippen LogP contribution in [0.4, 0.5) is 0 Å². The first-order valence-corrected chi connectivity index (χ1v) is 25.1. The Morgan fingerprint density at radius 2 is 1.11 bits per heavy atom. The van der Waals surface area contributed by atoms with Crippen molar-refractivity contribution in [2.45, 2.75) is 256 Å². The summed E-state index contributed by atoms with van der Waals surface area (Å²) < 4.78 is 0. The smallest absolute Gasteiger partial charge is 0.0237 e. The maximum atomic E-state index is 4.09. The predicted molar refractivity (Wildman–Crippen MR) is 255 cm³/mol. The SMILES string of the molecule is C=C(C)C.C=C(C)C(C)CCCCCCCCCCCCC(C)CCC1CC(CC)[C@@H](CC2CC(C)CCC2C)C(C)[C@H]1C.C=C(CC)CCCCCCC. The Morgan fingerprint density at radius 1 is 0.582 bits per heavy atom. The van der Waals surface area contributed by atoms with Crippen LogP contribution in [0.1, 0.15) is 256 Å². The number of hydrogen-bond donors (Lipinski definition) is 0. The van der Waals surface area contributed by atoms with Crippen LogP contribution in [0.3, 0.4) is 0 Å². The highest BCUT2D eigenvalue weighted by molar-refractivity contribution is 4.94. The van der Waals surface area contributed by atoms with Gasteiger partial charge in [-0.15, -0.1) is 6.58 Å². The lowest BCUT2D eigenvalue weighted by Crippen LogP contribution is -2.39. The zero-order chi connectivity index (χ0) is 41.6. The van der Waals surface area contributed by atoms with Crippen LogP contribution in [0.15, 0.2) is 36.5 Å². The first kappa shape index (κ1) is 54.2. The summed E-state index contributed by atoms with van der Waals surface area (Å²) in [5.41, 5.74) is 3.94. The van der Waals surface area contributed by atoms with Gasteiger partial charge in [0.05, 0.1) is 0 Å². The molecule has 0 radical (unpaired) electrons. The van der Waals surface area contributed by atoms with Crippen LogP contribution in [0.2, 0.25) is 0 Å². The van der Waals surface area contributed by atoms with Gasteiger partial charge in [-0.25, -0.2) is 0 Å².